The Morgan fingerprint density at radius 3 is 2.44 bits per heavy atom. The van der Waals surface area contributed by atoms with Gasteiger partial charge in [0.1, 0.15) is 5.82 Å². The molecule has 2 rings (SSSR count). The minimum absolute atomic E-state index is 0.280. The molecule has 0 fully saturated rings. The average Bonchev–Trinajstić information content (AvgIpc) is 2.66. The van der Waals surface area contributed by atoms with Crippen molar-refractivity contribution in [3.8, 4) is 11.4 Å². The first kappa shape index (κ1) is 10.8. The van der Waals surface area contributed by atoms with Gasteiger partial charge in [-0.3, -0.25) is 0 Å². The van der Waals surface area contributed by atoms with Crippen LogP contribution in [0.2, 0.25) is 0 Å². The summed E-state index contributed by atoms with van der Waals surface area (Å²) in [5, 5.41) is 0. The van der Waals surface area contributed by atoms with Crippen molar-refractivity contribution < 1.29 is 12.8 Å². The van der Waals surface area contributed by atoms with Crippen LogP contribution < -0.4 is 0 Å². The van der Waals surface area contributed by atoms with Gasteiger partial charge in [0.15, 0.2) is 5.82 Å². The molecular formula is C10H9FN2O2S. The van der Waals surface area contributed by atoms with Crippen LogP contribution in [-0.2, 0) is 10.0 Å². The third-order valence-corrected chi connectivity index (χ3v) is 3.08. The van der Waals surface area contributed by atoms with Gasteiger partial charge in [0.2, 0.25) is 10.0 Å². The van der Waals surface area contributed by atoms with Gasteiger partial charge in [0, 0.05) is 18.0 Å². The van der Waals surface area contributed by atoms with Crippen LogP contribution in [-0.4, -0.2) is 23.6 Å². The molecule has 0 saturated heterocycles. The van der Waals surface area contributed by atoms with E-state index in [2.05, 4.69) is 4.98 Å². The fraction of sp³-hybridized carbons (Fsp3) is 0.100. The second kappa shape index (κ2) is 3.71. The van der Waals surface area contributed by atoms with Gasteiger partial charge < -0.3 is 0 Å². The molecule has 0 saturated carbocycles. The Hall–Kier alpha value is -1.69. The van der Waals surface area contributed by atoms with Crippen molar-refractivity contribution >= 4 is 10.0 Å². The van der Waals surface area contributed by atoms with Gasteiger partial charge in [0.25, 0.3) is 0 Å². The van der Waals surface area contributed by atoms with Crippen LogP contribution in [0.25, 0.3) is 11.4 Å². The lowest BCUT2D eigenvalue weighted by Crippen LogP contribution is -2.10. The number of hydrogen-bond donors (Lipinski definition) is 0. The van der Waals surface area contributed by atoms with E-state index in [9.17, 15) is 12.8 Å². The van der Waals surface area contributed by atoms with Crippen LogP contribution >= 0.6 is 0 Å². The number of imidazole rings is 1. The lowest BCUT2D eigenvalue weighted by atomic mass is 10.2. The summed E-state index contributed by atoms with van der Waals surface area (Å²) in [6.45, 7) is 0. The Morgan fingerprint density at radius 1 is 1.25 bits per heavy atom. The predicted octanol–water partition coefficient (Wildman–Crippen LogP) is 1.50. The summed E-state index contributed by atoms with van der Waals surface area (Å²) in [7, 11) is -3.39. The van der Waals surface area contributed by atoms with Crippen LogP contribution in [0.3, 0.4) is 0 Å². The fourth-order valence-electron chi connectivity index (χ4n) is 1.36. The molecule has 84 valence electrons. The molecule has 0 aliphatic carbocycles. The van der Waals surface area contributed by atoms with Gasteiger partial charge in [-0.2, -0.15) is 0 Å². The molecule has 0 aliphatic rings. The highest BCUT2D eigenvalue weighted by Crippen LogP contribution is 2.18. The highest BCUT2D eigenvalue weighted by molar-refractivity contribution is 7.89. The van der Waals surface area contributed by atoms with Crippen LogP contribution in [0.1, 0.15) is 0 Å². The van der Waals surface area contributed by atoms with Crippen molar-refractivity contribution in [2.45, 2.75) is 0 Å². The van der Waals surface area contributed by atoms with Crippen molar-refractivity contribution in [3.63, 3.8) is 0 Å². The lowest BCUT2D eigenvalue weighted by Gasteiger charge is -2.04. The number of halogens is 1. The zero-order valence-corrected chi connectivity index (χ0v) is 9.28. The van der Waals surface area contributed by atoms with E-state index in [4.69, 9.17) is 0 Å². The molecule has 0 radical (unpaired) electrons. The third kappa shape index (κ3) is 1.96. The topological polar surface area (TPSA) is 52.0 Å². The SMILES string of the molecule is CS(=O)(=O)n1ccnc1-c1ccc(F)cc1. The summed E-state index contributed by atoms with van der Waals surface area (Å²) >= 11 is 0. The lowest BCUT2D eigenvalue weighted by molar-refractivity contribution is 0.594. The Bertz CT molecular complexity index is 602. The first-order valence-electron chi connectivity index (χ1n) is 4.48. The van der Waals surface area contributed by atoms with Gasteiger partial charge >= 0.3 is 0 Å². The molecule has 4 nitrogen and oxygen atoms in total. The smallest absolute Gasteiger partial charge is 0.236 e. The van der Waals surface area contributed by atoms with Crippen molar-refractivity contribution in [1.82, 2.24) is 8.96 Å². The van der Waals surface area contributed by atoms with Crippen molar-refractivity contribution in [1.29, 1.82) is 0 Å². The van der Waals surface area contributed by atoms with E-state index in [-0.39, 0.29) is 11.6 Å². The first-order valence-corrected chi connectivity index (χ1v) is 6.33. The van der Waals surface area contributed by atoms with Crippen LogP contribution in [0.5, 0.6) is 0 Å². The zero-order chi connectivity index (χ0) is 11.8. The second-order valence-corrected chi connectivity index (χ2v) is 5.18. The van der Waals surface area contributed by atoms with E-state index < -0.39 is 10.0 Å². The molecule has 6 heteroatoms. The maximum Gasteiger partial charge on any atom is 0.237 e. The molecule has 0 atom stereocenters. The van der Waals surface area contributed by atoms with Crippen LogP contribution in [0.4, 0.5) is 4.39 Å². The van der Waals surface area contributed by atoms with Crippen molar-refractivity contribution in [2.24, 2.45) is 0 Å². The maximum absolute atomic E-state index is 12.7. The molecule has 1 aromatic heterocycles. The van der Waals surface area contributed by atoms with E-state index in [1.807, 2.05) is 0 Å². The van der Waals surface area contributed by atoms with Crippen LogP contribution in [0, 0.1) is 5.82 Å². The number of rotatable bonds is 2. The van der Waals surface area contributed by atoms with Crippen molar-refractivity contribution in [3.05, 3.63) is 42.5 Å². The van der Waals surface area contributed by atoms with Gasteiger partial charge in [0.05, 0.1) is 6.26 Å². The summed E-state index contributed by atoms with van der Waals surface area (Å²) in [5.41, 5.74) is 0.553. The van der Waals surface area contributed by atoms with E-state index >= 15 is 0 Å². The molecule has 0 aliphatic heterocycles. The van der Waals surface area contributed by atoms with Gasteiger partial charge in [-0.1, -0.05) is 0 Å². The number of hydrogen-bond acceptors (Lipinski definition) is 3. The zero-order valence-electron chi connectivity index (χ0n) is 8.46. The molecule has 0 bridgehead atoms. The normalized spacial score (nSPS) is 11.6. The minimum atomic E-state index is -3.39. The standard InChI is InChI=1S/C10H9FN2O2S/c1-16(14,15)13-7-6-12-10(13)8-2-4-9(11)5-3-8/h2-7H,1H3. The van der Waals surface area contributed by atoms with E-state index in [1.54, 1.807) is 0 Å². The monoisotopic (exact) mass is 240 g/mol. The maximum atomic E-state index is 12.7. The molecule has 0 spiro atoms. The molecule has 16 heavy (non-hydrogen) atoms. The molecule has 1 heterocycles. The highest BCUT2D eigenvalue weighted by Gasteiger charge is 2.12. The molecule has 0 unspecified atom stereocenters. The minimum Gasteiger partial charge on any atom is -0.236 e. The van der Waals surface area contributed by atoms with Gasteiger partial charge in [-0.05, 0) is 24.3 Å². The molecule has 0 amide bonds. The Kier molecular flexibility index (Phi) is 2.51. The highest BCUT2D eigenvalue weighted by atomic mass is 32.2. The Labute approximate surface area is 92.4 Å². The predicted molar refractivity (Wildman–Crippen MR) is 57.9 cm³/mol. The fourth-order valence-corrected chi connectivity index (χ4v) is 2.10. The Morgan fingerprint density at radius 2 is 1.88 bits per heavy atom. The number of benzene rings is 1. The largest absolute Gasteiger partial charge is 0.237 e. The first-order chi connectivity index (χ1) is 7.48. The second-order valence-electron chi connectivity index (χ2n) is 3.32. The molecule has 2 aromatic rings. The summed E-state index contributed by atoms with van der Waals surface area (Å²) in [4.78, 5) is 3.94. The average molecular weight is 240 g/mol. The van der Waals surface area contributed by atoms with E-state index in [0.717, 1.165) is 10.2 Å². The number of aromatic nitrogens is 2. The van der Waals surface area contributed by atoms with E-state index in [1.165, 1.54) is 36.7 Å². The summed E-state index contributed by atoms with van der Waals surface area (Å²) in [6, 6.07) is 5.49. The molecule has 0 N–H and O–H groups in total. The summed E-state index contributed by atoms with van der Waals surface area (Å²) in [6.07, 6.45) is 3.83. The van der Waals surface area contributed by atoms with Gasteiger partial charge in [-0.15, -0.1) is 0 Å². The quantitative estimate of drug-likeness (QED) is 0.799. The van der Waals surface area contributed by atoms with Crippen LogP contribution in [0.15, 0.2) is 36.7 Å². The van der Waals surface area contributed by atoms with Gasteiger partial charge in [-0.25, -0.2) is 21.8 Å². The molecular weight excluding hydrogens is 231 g/mol. The van der Waals surface area contributed by atoms with Crippen molar-refractivity contribution in [2.75, 3.05) is 6.26 Å². The van der Waals surface area contributed by atoms with E-state index in [0.29, 0.717) is 5.56 Å². The Balaban J connectivity index is 2.58. The molecule has 1 aromatic carbocycles. The third-order valence-electron chi connectivity index (χ3n) is 2.07. The summed E-state index contributed by atoms with van der Waals surface area (Å²) in [5.74, 6) is -0.0938. The number of nitrogens with zero attached hydrogens (tertiary/aromatic N) is 2. The summed E-state index contributed by atoms with van der Waals surface area (Å²) < 4.78 is 36.6.